The Hall–Kier alpha value is -2.22. The predicted molar refractivity (Wildman–Crippen MR) is 72.5 cm³/mol. The van der Waals surface area contributed by atoms with Gasteiger partial charge in [0, 0.05) is 6.07 Å². The standard InChI is InChI=1S/C12H8BrFN4O2/c1-6-15-11(5-10-16-17-12(19)18(6)10)20-9-3-2-7(14)4-8(9)13/h2-5H,1H3,(H,17,19). The van der Waals surface area contributed by atoms with E-state index >= 15 is 0 Å². The van der Waals surface area contributed by atoms with Crippen LogP contribution in [0.3, 0.4) is 0 Å². The smallest absolute Gasteiger partial charge is 0.349 e. The van der Waals surface area contributed by atoms with Crippen LogP contribution >= 0.6 is 15.9 Å². The first kappa shape index (κ1) is 12.8. The van der Waals surface area contributed by atoms with Gasteiger partial charge in [-0.15, -0.1) is 0 Å². The van der Waals surface area contributed by atoms with E-state index in [-0.39, 0.29) is 17.4 Å². The third-order valence-electron chi connectivity index (χ3n) is 2.65. The molecule has 0 aliphatic heterocycles. The maximum Gasteiger partial charge on any atom is 0.349 e. The Labute approximate surface area is 120 Å². The fraction of sp³-hybridized carbons (Fsp3) is 0.0833. The van der Waals surface area contributed by atoms with Crippen LogP contribution in [0.2, 0.25) is 0 Å². The SMILES string of the molecule is Cc1nc(Oc2ccc(F)cc2Br)cc2n[nH]c(=O)n12. The van der Waals surface area contributed by atoms with Gasteiger partial charge in [-0.3, -0.25) is 0 Å². The lowest BCUT2D eigenvalue weighted by Crippen LogP contribution is -2.13. The largest absolute Gasteiger partial charge is 0.438 e. The number of aromatic nitrogens is 4. The number of hydrogen-bond donors (Lipinski definition) is 1. The summed E-state index contributed by atoms with van der Waals surface area (Å²) >= 11 is 3.21. The van der Waals surface area contributed by atoms with Gasteiger partial charge in [-0.2, -0.15) is 10.1 Å². The van der Waals surface area contributed by atoms with E-state index in [1.165, 1.54) is 28.7 Å². The van der Waals surface area contributed by atoms with Gasteiger partial charge in [0.05, 0.1) is 4.47 Å². The fourth-order valence-corrected chi connectivity index (χ4v) is 2.23. The third kappa shape index (κ3) is 2.18. The highest BCUT2D eigenvalue weighted by Crippen LogP contribution is 2.29. The average molecular weight is 339 g/mol. The van der Waals surface area contributed by atoms with Crippen LogP contribution in [0.4, 0.5) is 4.39 Å². The summed E-state index contributed by atoms with van der Waals surface area (Å²) in [6.45, 7) is 1.66. The van der Waals surface area contributed by atoms with Crippen LogP contribution in [-0.4, -0.2) is 19.6 Å². The predicted octanol–water partition coefficient (Wildman–Crippen LogP) is 2.42. The minimum atomic E-state index is -0.373. The topological polar surface area (TPSA) is 72.3 Å². The van der Waals surface area contributed by atoms with Gasteiger partial charge < -0.3 is 4.74 Å². The Bertz CT molecular complexity index is 858. The van der Waals surface area contributed by atoms with Crippen LogP contribution in [0.25, 0.3) is 5.65 Å². The number of H-pyrrole nitrogens is 1. The quantitative estimate of drug-likeness (QED) is 0.778. The zero-order valence-electron chi connectivity index (χ0n) is 10.2. The summed E-state index contributed by atoms with van der Waals surface area (Å²) in [6.07, 6.45) is 0. The van der Waals surface area contributed by atoms with Gasteiger partial charge in [0.25, 0.3) is 0 Å². The number of rotatable bonds is 2. The van der Waals surface area contributed by atoms with E-state index in [1.807, 2.05) is 0 Å². The molecule has 0 aliphatic carbocycles. The van der Waals surface area contributed by atoms with Gasteiger partial charge in [-0.25, -0.2) is 18.7 Å². The first-order valence-corrected chi connectivity index (χ1v) is 6.41. The number of benzene rings is 1. The van der Waals surface area contributed by atoms with Crippen molar-refractivity contribution >= 4 is 21.6 Å². The Kier molecular flexibility index (Phi) is 3.01. The van der Waals surface area contributed by atoms with Crippen molar-refractivity contribution in [3.8, 4) is 11.6 Å². The van der Waals surface area contributed by atoms with E-state index < -0.39 is 0 Å². The molecule has 0 bridgehead atoms. The van der Waals surface area contributed by atoms with Crippen molar-refractivity contribution in [2.45, 2.75) is 6.92 Å². The molecular weight excluding hydrogens is 331 g/mol. The van der Waals surface area contributed by atoms with Gasteiger partial charge in [0.15, 0.2) is 5.65 Å². The molecule has 0 radical (unpaired) electrons. The Morgan fingerprint density at radius 3 is 2.95 bits per heavy atom. The molecule has 0 fully saturated rings. The lowest BCUT2D eigenvalue weighted by Gasteiger charge is -2.08. The maximum absolute atomic E-state index is 13.0. The Balaban J connectivity index is 2.04. The van der Waals surface area contributed by atoms with Crippen molar-refractivity contribution in [1.82, 2.24) is 19.6 Å². The van der Waals surface area contributed by atoms with Gasteiger partial charge >= 0.3 is 5.69 Å². The van der Waals surface area contributed by atoms with Crippen LogP contribution in [0.5, 0.6) is 11.6 Å². The first-order valence-electron chi connectivity index (χ1n) is 5.62. The average Bonchev–Trinajstić information content (AvgIpc) is 2.75. The summed E-state index contributed by atoms with van der Waals surface area (Å²) in [4.78, 5) is 15.6. The zero-order valence-corrected chi connectivity index (χ0v) is 11.8. The highest BCUT2D eigenvalue weighted by molar-refractivity contribution is 9.10. The van der Waals surface area contributed by atoms with Gasteiger partial charge in [0.1, 0.15) is 17.4 Å². The minimum Gasteiger partial charge on any atom is -0.438 e. The summed E-state index contributed by atoms with van der Waals surface area (Å²) in [6, 6.07) is 5.57. The molecule has 8 heteroatoms. The molecule has 0 saturated heterocycles. The van der Waals surface area contributed by atoms with Crippen LogP contribution in [0, 0.1) is 12.7 Å². The van der Waals surface area contributed by atoms with E-state index in [0.717, 1.165) is 0 Å². The zero-order chi connectivity index (χ0) is 14.3. The van der Waals surface area contributed by atoms with Crippen LogP contribution in [-0.2, 0) is 0 Å². The lowest BCUT2D eigenvalue weighted by atomic mass is 10.3. The Morgan fingerprint density at radius 2 is 2.20 bits per heavy atom. The van der Waals surface area contributed by atoms with Crippen LogP contribution in [0.15, 0.2) is 33.5 Å². The van der Waals surface area contributed by atoms with Crippen molar-refractivity contribution in [3.63, 3.8) is 0 Å². The van der Waals surface area contributed by atoms with Crippen molar-refractivity contribution in [2.75, 3.05) is 0 Å². The summed E-state index contributed by atoms with van der Waals surface area (Å²) < 4.78 is 20.4. The molecule has 3 aromatic rings. The fourth-order valence-electron chi connectivity index (χ4n) is 1.79. The molecule has 1 aromatic carbocycles. The van der Waals surface area contributed by atoms with Crippen LogP contribution in [0.1, 0.15) is 5.82 Å². The molecule has 0 amide bonds. The summed E-state index contributed by atoms with van der Waals surface area (Å²) in [5, 5.41) is 6.18. The summed E-state index contributed by atoms with van der Waals surface area (Å²) in [5.41, 5.74) is 0.0373. The highest BCUT2D eigenvalue weighted by atomic mass is 79.9. The number of fused-ring (bicyclic) bond motifs is 1. The maximum atomic E-state index is 13.0. The monoisotopic (exact) mass is 338 g/mol. The molecule has 0 saturated carbocycles. The molecule has 20 heavy (non-hydrogen) atoms. The Morgan fingerprint density at radius 1 is 1.40 bits per heavy atom. The summed E-state index contributed by atoms with van der Waals surface area (Å²) in [5.74, 6) is 0.749. The van der Waals surface area contributed by atoms with Crippen molar-refractivity contribution in [3.05, 3.63) is 50.9 Å². The molecule has 0 unspecified atom stereocenters. The second-order valence-corrected chi connectivity index (χ2v) is 4.90. The molecule has 102 valence electrons. The van der Waals surface area contributed by atoms with Crippen molar-refractivity contribution in [2.24, 2.45) is 0 Å². The van der Waals surface area contributed by atoms with E-state index in [4.69, 9.17) is 4.74 Å². The van der Waals surface area contributed by atoms with E-state index in [2.05, 4.69) is 31.1 Å². The van der Waals surface area contributed by atoms with Gasteiger partial charge in [-0.1, -0.05) is 0 Å². The van der Waals surface area contributed by atoms with E-state index in [0.29, 0.717) is 21.7 Å². The normalized spacial score (nSPS) is 10.9. The van der Waals surface area contributed by atoms with Crippen molar-refractivity contribution < 1.29 is 9.13 Å². The highest BCUT2D eigenvalue weighted by Gasteiger charge is 2.10. The number of ether oxygens (including phenoxy) is 1. The third-order valence-corrected chi connectivity index (χ3v) is 3.27. The van der Waals surface area contributed by atoms with Crippen LogP contribution < -0.4 is 10.4 Å². The number of aryl methyl sites for hydroxylation is 1. The summed E-state index contributed by atoms with van der Waals surface area (Å²) in [7, 11) is 0. The molecular formula is C12H8BrFN4O2. The molecule has 1 N–H and O–H groups in total. The second kappa shape index (κ2) is 4.71. The van der Waals surface area contributed by atoms with E-state index in [9.17, 15) is 9.18 Å². The molecule has 2 heterocycles. The molecule has 0 aliphatic rings. The molecule has 3 rings (SSSR count). The molecule has 0 spiro atoms. The molecule has 2 aromatic heterocycles. The number of hydrogen-bond acceptors (Lipinski definition) is 4. The number of nitrogens with zero attached hydrogens (tertiary/aromatic N) is 3. The van der Waals surface area contributed by atoms with Crippen molar-refractivity contribution in [1.29, 1.82) is 0 Å². The van der Waals surface area contributed by atoms with Gasteiger partial charge in [-0.05, 0) is 41.1 Å². The van der Waals surface area contributed by atoms with E-state index in [1.54, 1.807) is 6.92 Å². The number of aromatic amines is 1. The second-order valence-electron chi connectivity index (χ2n) is 4.04. The molecule has 0 atom stereocenters. The van der Waals surface area contributed by atoms with Gasteiger partial charge in [0.2, 0.25) is 5.88 Å². The molecule has 6 nitrogen and oxygen atoms in total. The lowest BCUT2D eigenvalue weighted by molar-refractivity contribution is 0.455. The number of halogens is 2. The number of nitrogens with one attached hydrogen (secondary N) is 1. The first-order chi connectivity index (χ1) is 9.54. The minimum absolute atomic E-state index is 0.265.